The van der Waals surface area contributed by atoms with Gasteiger partial charge in [-0.2, -0.15) is 5.26 Å². The smallest absolute Gasteiger partial charge is 0.109 e. The summed E-state index contributed by atoms with van der Waals surface area (Å²) in [6.07, 6.45) is 2.97. The zero-order valence-corrected chi connectivity index (χ0v) is 11.7. The second kappa shape index (κ2) is 6.70. The summed E-state index contributed by atoms with van der Waals surface area (Å²) in [6.45, 7) is 6.08. The van der Waals surface area contributed by atoms with Crippen molar-refractivity contribution in [2.75, 3.05) is 26.2 Å². The lowest BCUT2D eigenvalue weighted by atomic mass is 9.89. The minimum Gasteiger partial charge on any atom is -0.303 e. The van der Waals surface area contributed by atoms with Crippen LogP contribution in [0, 0.1) is 11.3 Å². The van der Waals surface area contributed by atoms with E-state index in [1.807, 2.05) is 0 Å². The van der Waals surface area contributed by atoms with E-state index in [9.17, 15) is 5.26 Å². The fraction of sp³-hybridized carbons (Fsp3) is 0.562. The molecule has 1 aliphatic heterocycles. The van der Waals surface area contributed by atoms with Gasteiger partial charge in [0.25, 0.3) is 0 Å². The van der Waals surface area contributed by atoms with Crippen molar-refractivity contribution in [3.8, 4) is 6.07 Å². The third-order valence-corrected chi connectivity index (χ3v) is 4.00. The Morgan fingerprint density at radius 3 is 2.53 bits per heavy atom. The molecule has 0 atom stereocenters. The van der Waals surface area contributed by atoms with Gasteiger partial charge in [0.2, 0.25) is 0 Å². The van der Waals surface area contributed by atoms with Crippen molar-refractivity contribution >= 4 is 0 Å². The summed E-state index contributed by atoms with van der Waals surface area (Å²) in [4.78, 5) is 2.47. The number of nitriles is 1. The van der Waals surface area contributed by atoms with Crippen molar-refractivity contribution in [3.05, 3.63) is 35.9 Å². The van der Waals surface area contributed by atoms with Crippen molar-refractivity contribution < 1.29 is 0 Å². The number of benzene rings is 1. The van der Waals surface area contributed by atoms with Crippen LogP contribution in [0.5, 0.6) is 0 Å². The molecule has 0 saturated carbocycles. The Hall–Kier alpha value is -1.37. The van der Waals surface area contributed by atoms with Gasteiger partial charge in [-0.3, -0.25) is 5.32 Å². The number of likely N-dealkylation sites (tertiary alicyclic amines) is 1. The molecule has 1 aliphatic rings. The summed E-state index contributed by atoms with van der Waals surface area (Å²) in [6, 6.07) is 13.1. The van der Waals surface area contributed by atoms with Crippen LogP contribution in [-0.2, 0) is 6.42 Å². The molecule has 102 valence electrons. The number of nitrogens with one attached hydrogen (secondary N) is 1. The molecule has 1 aromatic rings. The molecule has 2 rings (SSSR count). The Bertz CT molecular complexity index is 413. The van der Waals surface area contributed by atoms with Crippen molar-refractivity contribution in [2.24, 2.45) is 0 Å². The average molecular weight is 257 g/mol. The van der Waals surface area contributed by atoms with Crippen LogP contribution in [0.4, 0.5) is 0 Å². The summed E-state index contributed by atoms with van der Waals surface area (Å²) >= 11 is 0. The Kier molecular flexibility index (Phi) is 4.95. The molecule has 1 N–H and O–H groups in total. The number of nitrogens with zero attached hydrogens (tertiary/aromatic N) is 2. The molecule has 0 bridgehead atoms. The van der Waals surface area contributed by atoms with Gasteiger partial charge in [-0.25, -0.2) is 0 Å². The molecule has 1 fully saturated rings. The molecule has 0 aromatic heterocycles. The molecule has 0 unspecified atom stereocenters. The summed E-state index contributed by atoms with van der Waals surface area (Å²) in [7, 11) is 0. The molecule has 3 nitrogen and oxygen atoms in total. The molecular weight excluding hydrogens is 234 g/mol. The molecule has 1 saturated heterocycles. The van der Waals surface area contributed by atoms with Crippen LogP contribution >= 0.6 is 0 Å². The lowest BCUT2D eigenvalue weighted by Gasteiger charge is -2.37. The summed E-state index contributed by atoms with van der Waals surface area (Å²) in [5.41, 5.74) is 1.11. The molecular formula is C16H23N3. The number of hydrogen-bond donors (Lipinski definition) is 1. The number of piperidine rings is 1. The minimum atomic E-state index is -0.280. The number of rotatable bonds is 5. The summed E-state index contributed by atoms with van der Waals surface area (Å²) in [5.74, 6) is 0. The zero-order valence-electron chi connectivity index (χ0n) is 11.7. The van der Waals surface area contributed by atoms with E-state index in [1.54, 1.807) is 0 Å². The maximum Gasteiger partial charge on any atom is 0.109 e. The van der Waals surface area contributed by atoms with Crippen LogP contribution in [-0.4, -0.2) is 36.6 Å². The lowest BCUT2D eigenvalue weighted by molar-refractivity contribution is 0.169. The SMILES string of the molecule is CCNC1(C#N)CCN(CCc2ccccc2)CC1. The van der Waals surface area contributed by atoms with Crippen LogP contribution in [0.2, 0.25) is 0 Å². The maximum absolute atomic E-state index is 9.34. The van der Waals surface area contributed by atoms with Gasteiger partial charge in [0.15, 0.2) is 0 Å². The first-order chi connectivity index (χ1) is 9.28. The molecule has 19 heavy (non-hydrogen) atoms. The van der Waals surface area contributed by atoms with E-state index in [2.05, 4.69) is 53.5 Å². The van der Waals surface area contributed by atoms with Gasteiger partial charge in [0, 0.05) is 19.6 Å². The summed E-state index contributed by atoms with van der Waals surface area (Å²) in [5, 5.41) is 12.7. The minimum absolute atomic E-state index is 0.280. The van der Waals surface area contributed by atoms with E-state index in [-0.39, 0.29) is 5.54 Å². The highest BCUT2D eigenvalue weighted by atomic mass is 15.1. The Morgan fingerprint density at radius 2 is 1.95 bits per heavy atom. The van der Waals surface area contributed by atoms with Gasteiger partial charge in [0.1, 0.15) is 5.54 Å². The molecule has 1 aromatic carbocycles. The standard InChI is InChI=1S/C16H23N3/c1-2-18-16(14-17)9-12-19(13-10-16)11-8-15-6-4-3-5-7-15/h3-7,18H,2,8-13H2,1H3. The lowest BCUT2D eigenvalue weighted by Crippen LogP contribution is -2.52. The van der Waals surface area contributed by atoms with Gasteiger partial charge in [-0.1, -0.05) is 37.3 Å². The first-order valence-corrected chi connectivity index (χ1v) is 7.20. The third kappa shape index (κ3) is 3.79. The fourth-order valence-corrected chi connectivity index (χ4v) is 2.76. The fourth-order valence-electron chi connectivity index (χ4n) is 2.76. The Balaban J connectivity index is 1.79. The highest BCUT2D eigenvalue weighted by Gasteiger charge is 2.33. The molecule has 1 heterocycles. The van der Waals surface area contributed by atoms with E-state index >= 15 is 0 Å². The first kappa shape index (κ1) is 14.0. The van der Waals surface area contributed by atoms with E-state index in [4.69, 9.17) is 0 Å². The van der Waals surface area contributed by atoms with Gasteiger partial charge in [-0.05, 0) is 31.4 Å². The zero-order chi connectivity index (χ0) is 13.6. The highest BCUT2D eigenvalue weighted by Crippen LogP contribution is 2.21. The Morgan fingerprint density at radius 1 is 1.26 bits per heavy atom. The molecule has 0 amide bonds. The molecule has 3 heteroatoms. The van der Waals surface area contributed by atoms with Crippen molar-refractivity contribution in [2.45, 2.75) is 31.7 Å². The predicted molar refractivity (Wildman–Crippen MR) is 77.8 cm³/mol. The highest BCUT2D eigenvalue weighted by molar-refractivity contribution is 5.15. The number of hydrogen-bond acceptors (Lipinski definition) is 3. The maximum atomic E-state index is 9.34. The largest absolute Gasteiger partial charge is 0.303 e. The van der Waals surface area contributed by atoms with Gasteiger partial charge < -0.3 is 4.90 Å². The van der Waals surface area contributed by atoms with Crippen LogP contribution in [0.3, 0.4) is 0 Å². The molecule has 0 radical (unpaired) electrons. The van der Waals surface area contributed by atoms with Gasteiger partial charge in [-0.15, -0.1) is 0 Å². The van der Waals surface area contributed by atoms with Crippen molar-refractivity contribution in [1.82, 2.24) is 10.2 Å². The van der Waals surface area contributed by atoms with Crippen LogP contribution < -0.4 is 5.32 Å². The second-order valence-corrected chi connectivity index (χ2v) is 5.30. The van der Waals surface area contributed by atoms with Crippen molar-refractivity contribution in [3.63, 3.8) is 0 Å². The predicted octanol–water partition coefficient (Wildman–Crippen LogP) is 2.20. The van der Waals surface area contributed by atoms with Crippen LogP contribution in [0.1, 0.15) is 25.3 Å². The summed E-state index contributed by atoms with van der Waals surface area (Å²) < 4.78 is 0. The van der Waals surface area contributed by atoms with E-state index in [1.165, 1.54) is 5.56 Å². The average Bonchev–Trinajstić information content (AvgIpc) is 2.48. The normalized spacial score (nSPS) is 18.9. The topological polar surface area (TPSA) is 39.1 Å². The molecule has 0 spiro atoms. The Labute approximate surface area is 116 Å². The van der Waals surface area contributed by atoms with Crippen LogP contribution in [0.25, 0.3) is 0 Å². The monoisotopic (exact) mass is 257 g/mol. The van der Waals surface area contributed by atoms with E-state index in [0.29, 0.717) is 0 Å². The van der Waals surface area contributed by atoms with Gasteiger partial charge in [0.05, 0.1) is 6.07 Å². The quantitative estimate of drug-likeness (QED) is 0.879. The third-order valence-electron chi connectivity index (χ3n) is 4.00. The van der Waals surface area contributed by atoms with E-state index < -0.39 is 0 Å². The van der Waals surface area contributed by atoms with E-state index in [0.717, 1.165) is 45.4 Å². The van der Waals surface area contributed by atoms with Crippen molar-refractivity contribution in [1.29, 1.82) is 5.26 Å². The van der Waals surface area contributed by atoms with Gasteiger partial charge >= 0.3 is 0 Å². The first-order valence-electron chi connectivity index (χ1n) is 7.20. The second-order valence-electron chi connectivity index (χ2n) is 5.30. The molecule has 0 aliphatic carbocycles. The van der Waals surface area contributed by atoms with Crippen LogP contribution in [0.15, 0.2) is 30.3 Å².